The van der Waals surface area contributed by atoms with E-state index in [1.165, 1.54) is 19.6 Å². The van der Waals surface area contributed by atoms with Gasteiger partial charge in [0.1, 0.15) is 22.9 Å². The molecule has 4 aromatic rings. The Morgan fingerprint density at radius 3 is 2.54 bits per heavy atom. The minimum atomic E-state index is -1.84. The quantitative estimate of drug-likeness (QED) is 0.123. The largest absolute Gasteiger partial charge is 0.496 e. The normalized spacial score (nSPS) is 32.2. The van der Waals surface area contributed by atoms with Gasteiger partial charge < -0.3 is 34.5 Å². The van der Waals surface area contributed by atoms with E-state index in [9.17, 15) is 14.7 Å². The number of likely N-dealkylation sites (N-methyl/N-ethyl adjacent to an activating group) is 1. The van der Waals surface area contributed by atoms with Crippen LogP contribution >= 0.6 is 11.6 Å². The molecule has 3 aromatic carbocycles. The Kier molecular flexibility index (Phi) is 10.8. The molecule has 5 aliphatic heterocycles. The monoisotopic (exact) mass is 901 g/mol. The summed E-state index contributed by atoms with van der Waals surface area (Å²) in [6.45, 7) is 9.38. The molecule has 0 radical (unpaired) electrons. The maximum atomic E-state index is 15.5. The fourth-order valence-corrected chi connectivity index (χ4v) is 14.2. The highest BCUT2D eigenvalue weighted by atomic mass is 35.5. The molecule has 12 nitrogen and oxygen atoms in total. The van der Waals surface area contributed by atoms with Gasteiger partial charge in [-0.15, -0.1) is 0 Å². The van der Waals surface area contributed by atoms with Gasteiger partial charge in [0, 0.05) is 90.9 Å². The summed E-state index contributed by atoms with van der Waals surface area (Å²) >= 11 is 6.54. The van der Waals surface area contributed by atoms with Crippen molar-refractivity contribution in [1.82, 2.24) is 20.1 Å². The van der Waals surface area contributed by atoms with Crippen LogP contribution in [-0.4, -0.2) is 122 Å². The summed E-state index contributed by atoms with van der Waals surface area (Å²) in [5.74, 6) is -0.793. The van der Waals surface area contributed by atoms with Crippen molar-refractivity contribution >= 4 is 46.0 Å². The molecule has 342 valence electrons. The first-order chi connectivity index (χ1) is 31.3. The van der Waals surface area contributed by atoms with Gasteiger partial charge in [-0.1, -0.05) is 79.6 Å². The van der Waals surface area contributed by atoms with Gasteiger partial charge in [-0.25, -0.2) is 0 Å². The Morgan fingerprint density at radius 1 is 1.02 bits per heavy atom. The number of hydrogen-bond donors (Lipinski definition) is 3. The number of carbonyl (C=O) groups excluding carboxylic acids is 3. The second-order valence-electron chi connectivity index (χ2n) is 19.3. The zero-order valence-corrected chi connectivity index (χ0v) is 39.0. The molecule has 2 bridgehead atoms. The van der Waals surface area contributed by atoms with Crippen molar-refractivity contribution in [1.29, 1.82) is 0 Å². The molecule has 3 N–H and O–H groups in total. The first kappa shape index (κ1) is 43.7. The van der Waals surface area contributed by atoms with Gasteiger partial charge in [0.25, 0.3) is 5.91 Å². The summed E-state index contributed by atoms with van der Waals surface area (Å²) in [4.78, 5) is 53.8. The zero-order chi connectivity index (χ0) is 45.6. The van der Waals surface area contributed by atoms with Crippen LogP contribution in [0.25, 0.3) is 10.9 Å². The number of aromatic amines is 1. The molecule has 2 fully saturated rings. The molecule has 9 atom stereocenters. The topological polar surface area (TPSA) is 137 Å². The molecule has 2 unspecified atom stereocenters. The van der Waals surface area contributed by atoms with Gasteiger partial charge in [-0.05, 0) is 80.0 Å². The van der Waals surface area contributed by atoms with Crippen molar-refractivity contribution in [2.45, 2.75) is 87.5 Å². The summed E-state index contributed by atoms with van der Waals surface area (Å²) in [5.41, 5.74) is 2.17. The van der Waals surface area contributed by atoms with Crippen LogP contribution in [0.4, 0.5) is 5.69 Å². The Morgan fingerprint density at radius 2 is 1.80 bits per heavy atom. The highest BCUT2D eigenvalue weighted by Crippen LogP contribution is 2.68. The number of halogens is 1. The Labute approximate surface area is 385 Å². The molecule has 1 saturated heterocycles. The lowest BCUT2D eigenvalue weighted by molar-refractivity contribution is -0.216. The Hall–Kier alpha value is -5.14. The van der Waals surface area contributed by atoms with E-state index in [-0.39, 0.29) is 35.1 Å². The number of nitrogens with zero attached hydrogens (tertiary/aromatic N) is 3. The molecule has 13 heteroatoms. The summed E-state index contributed by atoms with van der Waals surface area (Å²) in [5, 5.41) is 18.4. The lowest BCUT2D eigenvalue weighted by atomic mass is 9.47. The van der Waals surface area contributed by atoms with Gasteiger partial charge in [-0.3, -0.25) is 24.2 Å². The number of aliphatic hydroxyl groups is 1. The highest BCUT2D eigenvalue weighted by molar-refractivity contribution is 6.33. The van der Waals surface area contributed by atoms with Gasteiger partial charge >= 0.3 is 11.9 Å². The number of benzene rings is 3. The van der Waals surface area contributed by atoms with E-state index in [2.05, 4.69) is 81.3 Å². The van der Waals surface area contributed by atoms with Crippen LogP contribution < -0.4 is 15.0 Å². The van der Waals surface area contributed by atoms with Gasteiger partial charge in [0.05, 0.1) is 37.4 Å². The standard InChI is InChI=1S/C52H60ClN5O7/c1-7-32-24-33-27-51(48(61)64-6,43-35(18-22-57(28-32)29-33)34-14-10-12-17-40(34)55-43)38-25-37-41(26-42(38)63-5)56(4)46-50(37)20-23-58-21-13-19-49(8-2,45(50)58)47(65-31(3)59)52(46,62)30-54-44(60)36-15-9-11-16-39(36)53/h9-17,19,24-26,33,45-47,55,62H,7-8,18,20-23,27-30H2,1-6H3,(H,54,60)/t33-,45?,46+,47+,49+,50+,51-,52-/m0/s1. The molecule has 65 heavy (non-hydrogen) atoms. The Balaban J connectivity index is 1.24. The first-order valence-electron chi connectivity index (χ1n) is 23.2. The van der Waals surface area contributed by atoms with Crippen LogP contribution in [0.1, 0.15) is 79.2 Å². The predicted octanol–water partition coefficient (Wildman–Crippen LogP) is 6.71. The third-order valence-electron chi connectivity index (χ3n) is 16.3. The zero-order valence-electron chi connectivity index (χ0n) is 38.2. The maximum absolute atomic E-state index is 15.5. The van der Waals surface area contributed by atoms with Crippen molar-refractivity contribution in [2.24, 2.45) is 11.3 Å². The lowest BCUT2D eigenvalue weighted by Crippen LogP contribution is -2.81. The number of aromatic nitrogens is 1. The number of amides is 1. The summed E-state index contributed by atoms with van der Waals surface area (Å²) in [7, 11) is 5.11. The summed E-state index contributed by atoms with van der Waals surface area (Å²) in [6.07, 6.45) is 8.90. The van der Waals surface area contributed by atoms with E-state index in [4.69, 9.17) is 25.8 Å². The molecule has 6 aliphatic rings. The highest BCUT2D eigenvalue weighted by Gasteiger charge is 2.78. The van der Waals surface area contributed by atoms with E-state index in [1.807, 2.05) is 19.2 Å². The maximum Gasteiger partial charge on any atom is 0.322 e. The molecule has 10 rings (SSSR count). The van der Waals surface area contributed by atoms with Gasteiger partial charge in [0.2, 0.25) is 0 Å². The van der Waals surface area contributed by atoms with Crippen LogP contribution in [0, 0.1) is 11.3 Å². The van der Waals surface area contributed by atoms with Gasteiger partial charge in [-0.2, -0.15) is 0 Å². The average Bonchev–Trinajstić information content (AvgIpc) is 3.97. The number of carbonyl (C=O) groups is 3. The van der Waals surface area contributed by atoms with Crippen LogP contribution in [-0.2, 0) is 36.3 Å². The lowest BCUT2D eigenvalue weighted by Gasteiger charge is -2.64. The van der Waals surface area contributed by atoms with E-state index < -0.39 is 45.9 Å². The van der Waals surface area contributed by atoms with Crippen LogP contribution in [0.15, 0.2) is 84.5 Å². The molecule has 1 aliphatic carbocycles. The van der Waals surface area contributed by atoms with E-state index in [1.54, 1.807) is 31.4 Å². The number of methoxy groups -OCH3 is 2. The van der Waals surface area contributed by atoms with Crippen molar-refractivity contribution in [2.75, 3.05) is 65.4 Å². The fourth-order valence-electron chi connectivity index (χ4n) is 14.0. The van der Waals surface area contributed by atoms with Gasteiger partial charge in [0.15, 0.2) is 0 Å². The molecule has 1 aromatic heterocycles. The van der Waals surface area contributed by atoms with Crippen LogP contribution in [0.5, 0.6) is 5.75 Å². The summed E-state index contributed by atoms with van der Waals surface area (Å²) in [6, 6.07) is 18.4. The summed E-state index contributed by atoms with van der Waals surface area (Å²) < 4.78 is 18.9. The number of H-pyrrole nitrogens is 1. The van der Waals surface area contributed by atoms with Crippen molar-refractivity contribution in [3.8, 4) is 5.75 Å². The first-order valence-corrected chi connectivity index (χ1v) is 23.6. The number of esters is 2. The molecule has 1 saturated carbocycles. The number of ether oxygens (including phenoxy) is 3. The molecule has 1 spiro atoms. The number of fused-ring (bicyclic) bond motifs is 6. The SMILES string of the molecule is CCC1=C[C@@H]2CN(CCc3c([nH]c4ccccc34)[C@@](C(=O)OC)(c3cc4c(cc3OC)N(C)[C@H]3[C@@](O)(CNC(=O)c5ccccc5Cl)[C@H](OC(C)=O)[C@]5(CC)C=CCN6CC[C@]43C65)C2)C1. The van der Waals surface area contributed by atoms with Crippen molar-refractivity contribution in [3.05, 3.63) is 117 Å². The number of hydrogen-bond acceptors (Lipinski definition) is 10. The predicted molar refractivity (Wildman–Crippen MR) is 251 cm³/mol. The van der Waals surface area contributed by atoms with Crippen molar-refractivity contribution < 1.29 is 33.7 Å². The third kappa shape index (κ3) is 6.22. The number of para-hydroxylation sites is 1. The molecule has 1 amide bonds. The molecular weight excluding hydrogens is 842 g/mol. The number of anilines is 1. The van der Waals surface area contributed by atoms with Crippen LogP contribution in [0.2, 0.25) is 5.02 Å². The number of rotatable bonds is 9. The number of nitrogens with one attached hydrogen (secondary N) is 2. The molecular formula is C52H60ClN5O7. The Bertz CT molecular complexity index is 2660. The van der Waals surface area contributed by atoms with Crippen LogP contribution in [0.3, 0.4) is 0 Å². The second-order valence-corrected chi connectivity index (χ2v) is 19.7. The minimum Gasteiger partial charge on any atom is -0.496 e. The van der Waals surface area contributed by atoms with E-state index in [0.717, 1.165) is 65.9 Å². The fraction of sp³-hybridized carbons (Fsp3) is 0.481. The average molecular weight is 903 g/mol. The second kappa shape index (κ2) is 16.0. The smallest absolute Gasteiger partial charge is 0.322 e. The third-order valence-corrected chi connectivity index (χ3v) is 16.6. The minimum absolute atomic E-state index is 0.0193. The van der Waals surface area contributed by atoms with E-state index >= 15 is 4.79 Å². The van der Waals surface area contributed by atoms with Crippen molar-refractivity contribution in [3.63, 3.8) is 0 Å². The van der Waals surface area contributed by atoms with E-state index in [0.29, 0.717) is 43.7 Å². The molecule has 6 heterocycles.